The molecule has 0 bridgehead atoms. The summed E-state index contributed by atoms with van der Waals surface area (Å²) in [5, 5.41) is 7.21. The van der Waals surface area contributed by atoms with Crippen LogP contribution >= 0.6 is 23.7 Å². The maximum atomic E-state index is 12.2. The van der Waals surface area contributed by atoms with E-state index in [2.05, 4.69) is 36.4 Å². The molecule has 1 aromatic heterocycles. The quantitative estimate of drug-likeness (QED) is 0.869. The first-order valence-electron chi connectivity index (χ1n) is 7.46. The maximum Gasteiger partial charge on any atom is 0.243 e. The monoisotopic (exact) mass is 355 g/mol. The predicted octanol–water partition coefficient (Wildman–Crippen LogP) is 2.94. The average Bonchev–Trinajstić information content (AvgIpc) is 2.91. The standard InChI is InChI=1S/C16H21N3O2S.ClH/c1-16(2,3)15-19-11-5-4-10(8-13(11)22-15)18-14(20)12-9-21-7-6-17-12;/h4-5,8,12,17H,6-7,9H2,1-3H3,(H,18,20);1H. The summed E-state index contributed by atoms with van der Waals surface area (Å²) in [7, 11) is 0. The largest absolute Gasteiger partial charge is 0.378 e. The summed E-state index contributed by atoms with van der Waals surface area (Å²) in [5.74, 6) is -0.0559. The molecule has 0 aliphatic carbocycles. The number of fused-ring (bicyclic) bond motifs is 1. The second-order valence-electron chi connectivity index (χ2n) is 6.52. The fourth-order valence-electron chi connectivity index (χ4n) is 2.29. The number of ether oxygens (including phenoxy) is 1. The van der Waals surface area contributed by atoms with Crippen molar-refractivity contribution in [2.45, 2.75) is 32.2 Å². The summed E-state index contributed by atoms with van der Waals surface area (Å²) in [6.07, 6.45) is 0. The maximum absolute atomic E-state index is 12.2. The van der Waals surface area contributed by atoms with E-state index in [-0.39, 0.29) is 29.8 Å². The third-order valence-corrected chi connectivity index (χ3v) is 4.98. The molecule has 1 atom stereocenters. The van der Waals surface area contributed by atoms with Gasteiger partial charge in [0.2, 0.25) is 5.91 Å². The molecule has 3 rings (SSSR count). The average molecular weight is 356 g/mol. The molecule has 1 aliphatic heterocycles. The zero-order chi connectivity index (χ0) is 15.7. The molecule has 5 nitrogen and oxygen atoms in total. The van der Waals surface area contributed by atoms with Gasteiger partial charge in [0.1, 0.15) is 6.04 Å². The van der Waals surface area contributed by atoms with Gasteiger partial charge in [0.25, 0.3) is 0 Å². The lowest BCUT2D eigenvalue weighted by atomic mass is 9.98. The van der Waals surface area contributed by atoms with Crippen molar-refractivity contribution in [1.29, 1.82) is 0 Å². The van der Waals surface area contributed by atoms with E-state index in [4.69, 9.17) is 4.74 Å². The zero-order valence-electron chi connectivity index (χ0n) is 13.5. The smallest absolute Gasteiger partial charge is 0.243 e. The van der Waals surface area contributed by atoms with Crippen molar-refractivity contribution in [1.82, 2.24) is 10.3 Å². The van der Waals surface area contributed by atoms with E-state index in [1.165, 1.54) is 0 Å². The van der Waals surface area contributed by atoms with Gasteiger partial charge in [-0.25, -0.2) is 4.98 Å². The highest BCUT2D eigenvalue weighted by atomic mass is 35.5. The lowest BCUT2D eigenvalue weighted by Crippen LogP contribution is -2.48. The van der Waals surface area contributed by atoms with Gasteiger partial charge in [-0.3, -0.25) is 4.79 Å². The second kappa shape index (κ2) is 7.13. The molecule has 1 aliphatic rings. The Morgan fingerprint density at radius 3 is 2.87 bits per heavy atom. The number of halogens is 1. The SMILES string of the molecule is CC(C)(C)c1nc2ccc(NC(=O)C3COCCN3)cc2s1.Cl. The number of thiazole rings is 1. The molecule has 2 aromatic rings. The minimum absolute atomic E-state index is 0. The summed E-state index contributed by atoms with van der Waals surface area (Å²) in [5.41, 5.74) is 1.82. The first-order valence-corrected chi connectivity index (χ1v) is 8.28. The fourth-order valence-corrected chi connectivity index (χ4v) is 3.35. The Labute approximate surface area is 146 Å². The highest BCUT2D eigenvalue weighted by Crippen LogP contribution is 2.32. The molecule has 2 N–H and O–H groups in total. The van der Waals surface area contributed by atoms with Gasteiger partial charge < -0.3 is 15.4 Å². The van der Waals surface area contributed by atoms with Crippen molar-refractivity contribution in [2.24, 2.45) is 0 Å². The Hall–Kier alpha value is -1.21. The van der Waals surface area contributed by atoms with Gasteiger partial charge in [0.05, 0.1) is 28.4 Å². The highest BCUT2D eigenvalue weighted by Gasteiger charge is 2.22. The molecule has 1 unspecified atom stereocenters. The molecule has 0 spiro atoms. The van der Waals surface area contributed by atoms with Gasteiger partial charge in [0, 0.05) is 17.6 Å². The summed E-state index contributed by atoms with van der Waals surface area (Å²) in [4.78, 5) is 16.9. The summed E-state index contributed by atoms with van der Waals surface area (Å²) in [6.45, 7) is 8.25. The number of hydrogen-bond acceptors (Lipinski definition) is 5. The summed E-state index contributed by atoms with van der Waals surface area (Å²) in [6, 6.07) is 5.57. The van der Waals surface area contributed by atoms with Gasteiger partial charge >= 0.3 is 0 Å². The van der Waals surface area contributed by atoms with Gasteiger partial charge in [0.15, 0.2) is 0 Å². The van der Waals surface area contributed by atoms with Crippen molar-refractivity contribution in [3.05, 3.63) is 23.2 Å². The van der Waals surface area contributed by atoms with E-state index in [9.17, 15) is 4.79 Å². The van der Waals surface area contributed by atoms with Crippen LogP contribution < -0.4 is 10.6 Å². The molecule has 1 saturated heterocycles. The zero-order valence-corrected chi connectivity index (χ0v) is 15.1. The van der Waals surface area contributed by atoms with Crippen molar-refractivity contribution in [3.63, 3.8) is 0 Å². The Morgan fingerprint density at radius 1 is 1.43 bits per heavy atom. The van der Waals surface area contributed by atoms with Crippen LogP contribution in [0.3, 0.4) is 0 Å². The number of hydrogen-bond donors (Lipinski definition) is 2. The lowest BCUT2D eigenvalue weighted by Gasteiger charge is -2.22. The fraction of sp³-hybridized carbons (Fsp3) is 0.500. The van der Waals surface area contributed by atoms with Crippen molar-refractivity contribution < 1.29 is 9.53 Å². The molecule has 0 saturated carbocycles. The van der Waals surface area contributed by atoms with Crippen LogP contribution in [0, 0.1) is 0 Å². The van der Waals surface area contributed by atoms with Gasteiger partial charge in [-0.1, -0.05) is 20.8 Å². The molecule has 1 aromatic carbocycles. The van der Waals surface area contributed by atoms with E-state index in [1.54, 1.807) is 11.3 Å². The number of carbonyl (C=O) groups excluding carboxylic acids is 1. The Kier molecular flexibility index (Phi) is 5.62. The Balaban J connectivity index is 0.00000192. The number of nitrogens with one attached hydrogen (secondary N) is 2. The van der Waals surface area contributed by atoms with Crippen LogP contribution in [0.2, 0.25) is 0 Å². The van der Waals surface area contributed by atoms with Crippen LogP contribution in [0.15, 0.2) is 18.2 Å². The molecular formula is C16H22ClN3O2S. The number of aromatic nitrogens is 1. The summed E-state index contributed by atoms with van der Waals surface area (Å²) >= 11 is 1.68. The Morgan fingerprint density at radius 2 is 2.22 bits per heavy atom. The van der Waals surface area contributed by atoms with Crippen molar-refractivity contribution in [2.75, 3.05) is 25.1 Å². The number of nitrogens with zero attached hydrogens (tertiary/aromatic N) is 1. The van der Waals surface area contributed by atoms with E-state index in [0.717, 1.165) is 20.9 Å². The third kappa shape index (κ3) is 4.20. The topological polar surface area (TPSA) is 63.2 Å². The number of amides is 1. The minimum Gasteiger partial charge on any atom is -0.378 e. The molecule has 1 fully saturated rings. The van der Waals surface area contributed by atoms with Crippen molar-refractivity contribution in [3.8, 4) is 0 Å². The number of benzene rings is 1. The third-order valence-electron chi connectivity index (χ3n) is 3.54. The predicted molar refractivity (Wildman–Crippen MR) is 96.8 cm³/mol. The molecular weight excluding hydrogens is 334 g/mol. The lowest BCUT2D eigenvalue weighted by molar-refractivity contribution is -0.120. The first-order chi connectivity index (χ1) is 10.4. The number of carbonyl (C=O) groups is 1. The van der Waals surface area contributed by atoms with E-state index in [1.807, 2.05) is 18.2 Å². The van der Waals surface area contributed by atoms with Gasteiger partial charge in [-0.05, 0) is 18.2 Å². The van der Waals surface area contributed by atoms with Crippen LogP contribution in [0.5, 0.6) is 0 Å². The molecule has 2 heterocycles. The minimum atomic E-state index is -0.281. The van der Waals surface area contributed by atoms with Crippen LogP contribution in [-0.2, 0) is 14.9 Å². The molecule has 7 heteroatoms. The van der Waals surface area contributed by atoms with Crippen LogP contribution in [0.25, 0.3) is 10.2 Å². The van der Waals surface area contributed by atoms with Gasteiger partial charge in [-0.2, -0.15) is 0 Å². The molecule has 1 amide bonds. The Bertz CT molecular complexity index is 690. The normalized spacial score (nSPS) is 18.5. The van der Waals surface area contributed by atoms with E-state index in [0.29, 0.717) is 19.8 Å². The first kappa shape index (κ1) is 18.1. The van der Waals surface area contributed by atoms with Crippen LogP contribution in [0.4, 0.5) is 5.69 Å². The molecule has 126 valence electrons. The number of morpholine rings is 1. The second-order valence-corrected chi connectivity index (χ2v) is 7.55. The van der Waals surface area contributed by atoms with Crippen LogP contribution in [-0.4, -0.2) is 36.7 Å². The molecule has 0 radical (unpaired) electrons. The number of rotatable bonds is 2. The van der Waals surface area contributed by atoms with E-state index >= 15 is 0 Å². The van der Waals surface area contributed by atoms with Gasteiger partial charge in [-0.15, -0.1) is 23.7 Å². The van der Waals surface area contributed by atoms with Crippen molar-refractivity contribution >= 4 is 45.6 Å². The number of anilines is 1. The van der Waals surface area contributed by atoms with Crippen LogP contribution in [0.1, 0.15) is 25.8 Å². The van der Waals surface area contributed by atoms with E-state index < -0.39 is 0 Å². The summed E-state index contributed by atoms with van der Waals surface area (Å²) < 4.78 is 6.41. The highest BCUT2D eigenvalue weighted by molar-refractivity contribution is 7.18. The molecule has 23 heavy (non-hydrogen) atoms.